The molecule has 4 aromatic carbocycles. The number of nitrogens with zero attached hydrogens (tertiary/aromatic N) is 1. The summed E-state index contributed by atoms with van der Waals surface area (Å²) in [5, 5.41) is 30.6. The first-order valence-electron chi connectivity index (χ1n) is 19.8. The summed E-state index contributed by atoms with van der Waals surface area (Å²) in [5.41, 5.74) is 3.68. The first-order chi connectivity index (χ1) is 28.2. The fourth-order valence-corrected chi connectivity index (χ4v) is 7.75. The number of aromatic nitrogens is 1. The van der Waals surface area contributed by atoms with E-state index in [0.717, 1.165) is 62.0 Å². The van der Waals surface area contributed by atoms with Crippen LogP contribution in [0.4, 0.5) is 4.79 Å². The van der Waals surface area contributed by atoms with E-state index in [4.69, 9.17) is 9.47 Å². The van der Waals surface area contributed by atoms with Crippen LogP contribution < -0.4 is 21.5 Å². The number of hydrogen-bond acceptors (Lipinski definition) is 10. The Morgan fingerprint density at radius 3 is 2.36 bits per heavy atom. The van der Waals surface area contributed by atoms with Crippen molar-refractivity contribution < 1.29 is 34.1 Å². The molecule has 3 saturated heterocycles. The minimum absolute atomic E-state index is 0.0153. The molecular weight excluding hydrogens is 739 g/mol. The molecule has 58 heavy (non-hydrogen) atoms. The number of ether oxygens (including phenoxy) is 2. The van der Waals surface area contributed by atoms with Gasteiger partial charge in [0.15, 0.2) is 0 Å². The molecule has 302 valence electrons. The summed E-state index contributed by atoms with van der Waals surface area (Å²) >= 11 is 0. The van der Waals surface area contributed by atoms with Crippen molar-refractivity contribution >= 4 is 28.9 Å². The van der Waals surface area contributed by atoms with E-state index >= 15 is 0 Å². The number of hydrogen-bond donors (Lipinski definition) is 6. The molecule has 1 aromatic heterocycles. The minimum atomic E-state index is -0.843. The summed E-state index contributed by atoms with van der Waals surface area (Å²) in [6, 6.07) is 29.0. The largest absolute Gasteiger partial charge is 0.506 e. The smallest absolute Gasteiger partial charge is 0.408 e. The second-order valence-electron chi connectivity index (χ2n) is 14.9. The van der Waals surface area contributed by atoms with Gasteiger partial charge < -0.3 is 40.6 Å². The topological polar surface area (TPSA) is 182 Å². The maximum absolute atomic E-state index is 13.2. The van der Waals surface area contributed by atoms with Crippen LogP contribution in [0.25, 0.3) is 10.9 Å². The highest BCUT2D eigenvalue weighted by molar-refractivity contribution is 5.94. The molecule has 0 radical (unpaired) electrons. The number of alkyl carbamates (subject to hydrolysis) is 1. The number of benzene rings is 4. The second-order valence-corrected chi connectivity index (χ2v) is 14.9. The monoisotopic (exact) mass is 787 g/mol. The molecular formula is C45H49N5O8. The standard InChI is InChI=1S/C45H49N5O8/c51-37-17-15-35(36-16-18-40(53)48-42(36)37)38(52)26-46-21-4-5-22-47-43(54)32-13-11-29(12-14-32)28-57-44(55)34-10-6-9-33(25-34)41(31-7-2-1-3-8-31)49-45(56)58-39-27-50-23-19-30(39)20-24-50/h1-3,6-18,25,30,38-39,41,46,51-52H,4-5,19-24,26-28H2,(H,47,54)(H,48,53)(H,49,56)/t38-,39-,41?/m0/s1. The number of fused-ring (bicyclic) bond motifs is 4. The van der Waals surface area contributed by atoms with Crippen molar-refractivity contribution in [3.63, 3.8) is 0 Å². The number of phenols is 1. The molecule has 3 aliphatic heterocycles. The van der Waals surface area contributed by atoms with Crippen molar-refractivity contribution in [3.05, 3.63) is 147 Å². The van der Waals surface area contributed by atoms with Crippen molar-refractivity contribution in [2.24, 2.45) is 5.92 Å². The van der Waals surface area contributed by atoms with E-state index in [2.05, 4.69) is 25.8 Å². The predicted molar refractivity (Wildman–Crippen MR) is 218 cm³/mol. The molecule has 0 saturated carbocycles. The lowest BCUT2D eigenvalue weighted by atomic mass is 9.86. The number of aromatic amines is 1. The number of phenolic OH excluding ortho intramolecular Hbond substituents is 1. The van der Waals surface area contributed by atoms with Gasteiger partial charge in [-0.15, -0.1) is 0 Å². The van der Waals surface area contributed by atoms with E-state index in [0.29, 0.717) is 46.6 Å². The van der Waals surface area contributed by atoms with Gasteiger partial charge in [0.05, 0.1) is 23.2 Å². The SMILES string of the molecule is O=C(NC(c1ccccc1)c1cccc(C(=O)OCc2ccc(C(=O)NCCCCNC[C@H](O)c3ccc(O)c4[nH]c(=O)ccc34)cc2)c1)O[C@H]1CN2CCC1CC2. The fourth-order valence-electron chi connectivity index (χ4n) is 7.75. The van der Waals surface area contributed by atoms with Gasteiger partial charge in [0.2, 0.25) is 5.56 Å². The maximum Gasteiger partial charge on any atom is 0.408 e. The zero-order valence-corrected chi connectivity index (χ0v) is 32.2. The van der Waals surface area contributed by atoms with E-state index in [1.54, 1.807) is 54.6 Å². The van der Waals surface area contributed by atoms with Crippen molar-refractivity contribution in [2.45, 2.75) is 50.5 Å². The number of nitrogens with one attached hydrogen (secondary N) is 4. The Balaban J connectivity index is 0.842. The molecule has 13 heteroatoms. The van der Waals surface area contributed by atoms with E-state index in [9.17, 15) is 29.4 Å². The molecule has 13 nitrogen and oxygen atoms in total. The zero-order chi connectivity index (χ0) is 40.4. The van der Waals surface area contributed by atoms with E-state index in [-0.39, 0.29) is 36.5 Å². The first-order valence-corrected chi connectivity index (χ1v) is 19.8. The fraction of sp³-hybridized carbons (Fsp3) is 0.333. The summed E-state index contributed by atoms with van der Waals surface area (Å²) in [6.45, 7) is 4.25. The third-order valence-corrected chi connectivity index (χ3v) is 11.0. The average Bonchev–Trinajstić information content (AvgIpc) is 3.25. The quantitative estimate of drug-likeness (QED) is 0.0565. The van der Waals surface area contributed by atoms with Gasteiger partial charge in [0.25, 0.3) is 5.91 Å². The number of aliphatic hydroxyl groups is 1. The highest BCUT2D eigenvalue weighted by atomic mass is 16.6. The molecule has 3 fully saturated rings. The molecule has 0 spiro atoms. The van der Waals surface area contributed by atoms with Crippen LogP contribution in [0.5, 0.6) is 5.75 Å². The molecule has 0 aliphatic carbocycles. The molecule has 8 rings (SSSR count). The number of carbonyl (C=O) groups is 3. The summed E-state index contributed by atoms with van der Waals surface area (Å²) in [5.74, 6) is -0.400. The van der Waals surface area contributed by atoms with Gasteiger partial charge in [-0.2, -0.15) is 0 Å². The molecule has 3 aliphatic rings. The number of esters is 1. The summed E-state index contributed by atoms with van der Waals surface area (Å²) in [4.78, 5) is 55.8. The number of aromatic hydroxyl groups is 1. The lowest BCUT2D eigenvalue weighted by molar-refractivity contribution is -0.0336. The number of pyridine rings is 1. The Morgan fingerprint density at radius 2 is 1.60 bits per heavy atom. The van der Waals surface area contributed by atoms with Crippen LogP contribution in [0, 0.1) is 5.92 Å². The highest BCUT2D eigenvalue weighted by Crippen LogP contribution is 2.31. The second kappa shape index (κ2) is 18.9. The van der Waals surface area contributed by atoms with Gasteiger partial charge in [0.1, 0.15) is 18.5 Å². The van der Waals surface area contributed by atoms with Crippen molar-refractivity contribution in [2.75, 3.05) is 39.3 Å². The van der Waals surface area contributed by atoms with Gasteiger partial charge in [-0.1, -0.05) is 60.7 Å². The van der Waals surface area contributed by atoms with E-state index in [1.165, 1.54) is 12.1 Å². The Kier molecular flexibility index (Phi) is 13.1. The van der Waals surface area contributed by atoms with E-state index in [1.807, 2.05) is 36.4 Å². The Labute approximate surface area is 336 Å². The molecule has 5 aromatic rings. The molecule has 1 unspecified atom stereocenters. The van der Waals surface area contributed by atoms with Gasteiger partial charge >= 0.3 is 12.1 Å². The predicted octanol–water partition coefficient (Wildman–Crippen LogP) is 5.33. The van der Waals surface area contributed by atoms with Crippen molar-refractivity contribution in [1.82, 2.24) is 25.8 Å². The minimum Gasteiger partial charge on any atom is -0.506 e. The Bertz CT molecular complexity index is 2260. The number of carbonyl (C=O) groups excluding carboxylic acids is 3. The molecule has 3 atom stereocenters. The lowest BCUT2D eigenvalue weighted by Crippen LogP contribution is -2.52. The third kappa shape index (κ3) is 10.1. The maximum atomic E-state index is 13.2. The van der Waals surface area contributed by atoms with Crippen molar-refractivity contribution in [3.8, 4) is 5.75 Å². The van der Waals surface area contributed by atoms with Gasteiger partial charge in [-0.3, -0.25) is 14.5 Å². The van der Waals surface area contributed by atoms with E-state index < -0.39 is 24.2 Å². The van der Waals surface area contributed by atoms with Crippen molar-refractivity contribution in [1.29, 1.82) is 0 Å². The Morgan fingerprint density at radius 1 is 0.845 bits per heavy atom. The van der Waals surface area contributed by atoms with Crippen LogP contribution >= 0.6 is 0 Å². The number of H-pyrrole nitrogens is 1. The summed E-state index contributed by atoms with van der Waals surface area (Å²) < 4.78 is 11.6. The Hall–Kier alpha value is -6.02. The van der Waals surface area contributed by atoms with Crippen LogP contribution in [0.1, 0.15) is 80.8 Å². The number of rotatable bonds is 16. The normalized spacial score (nSPS) is 18.3. The number of unbranched alkanes of at least 4 members (excludes halogenated alkanes) is 1. The van der Waals surface area contributed by atoms with Crippen LogP contribution in [-0.2, 0) is 16.1 Å². The number of amides is 2. The zero-order valence-electron chi connectivity index (χ0n) is 32.2. The van der Waals surface area contributed by atoms with Crippen LogP contribution in [0.3, 0.4) is 0 Å². The van der Waals surface area contributed by atoms with Gasteiger partial charge in [0, 0.05) is 36.7 Å². The summed E-state index contributed by atoms with van der Waals surface area (Å²) in [7, 11) is 0. The first kappa shape index (κ1) is 40.2. The lowest BCUT2D eigenvalue weighted by Gasteiger charge is -2.43. The molecule has 2 bridgehead atoms. The van der Waals surface area contributed by atoms with Gasteiger partial charge in [-0.25, -0.2) is 9.59 Å². The van der Waals surface area contributed by atoms with Crippen LogP contribution in [0.2, 0.25) is 0 Å². The highest BCUT2D eigenvalue weighted by Gasteiger charge is 2.37. The molecule has 6 N–H and O–H groups in total. The summed E-state index contributed by atoms with van der Waals surface area (Å²) in [6.07, 6.45) is 2.10. The molecule has 2 amide bonds. The number of piperidine rings is 3. The average molecular weight is 788 g/mol. The third-order valence-electron chi connectivity index (χ3n) is 11.0. The van der Waals surface area contributed by atoms with Gasteiger partial charge in [-0.05, 0) is 110 Å². The number of aliphatic hydroxyl groups excluding tert-OH is 1. The van der Waals surface area contributed by atoms with Crippen LogP contribution in [0.15, 0.2) is 108 Å². The molecule has 4 heterocycles. The van der Waals surface area contributed by atoms with Crippen LogP contribution in [-0.4, -0.2) is 83.4 Å².